The normalized spacial score (nSPS) is 12.4. The molecular weight excluding hydrogens is 237 g/mol. The lowest BCUT2D eigenvalue weighted by Crippen LogP contribution is -2.22. The van der Waals surface area contributed by atoms with Crippen molar-refractivity contribution in [3.8, 4) is 5.75 Å². The molecule has 0 aromatic heterocycles. The Morgan fingerprint density at radius 3 is 2.78 bits per heavy atom. The van der Waals surface area contributed by atoms with Crippen LogP contribution >= 0.6 is 0 Å². The molecule has 0 aliphatic heterocycles. The summed E-state index contributed by atoms with van der Waals surface area (Å²) in [6.07, 6.45) is -0.713. The number of hydrogen-bond acceptors (Lipinski definition) is 4. The van der Waals surface area contributed by atoms with Gasteiger partial charge in [0.15, 0.2) is 0 Å². The van der Waals surface area contributed by atoms with Gasteiger partial charge in [-0.1, -0.05) is 6.92 Å². The summed E-state index contributed by atoms with van der Waals surface area (Å²) in [6, 6.07) is 4.52. The Balaban J connectivity index is 2.56. The number of halogens is 1. The molecule has 1 rings (SSSR count). The molecular formula is C13H20FNO3. The molecule has 0 aliphatic carbocycles. The van der Waals surface area contributed by atoms with Crippen LogP contribution in [-0.4, -0.2) is 38.1 Å². The molecule has 4 nitrogen and oxygen atoms in total. The fourth-order valence-electron chi connectivity index (χ4n) is 1.51. The summed E-state index contributed by atoms with van der Waals surface area (Å²) in [5.74, 6) is 0.0692. The van der Waals surface area contributed by atoms with Crippen LogP contribution in [-0.2, 0) is 11.3 Å². The first-order valence-corrected chi connectivity index (χ1v) is 5.95. The fourth-order valence-corrected chi connectivity index (χ4v) is 1.51. The zero-order valence-electron chi connectivity index (χ0n) is 10.8. The van der Waals surface area contributed by atoms with Gasteiger partial charge in [-0.3, -0.25) is 0 Å². The Morgan fingerprint density at radius 1 is 1.33 bits per heavy atom. The SMILES string of the molecule is CCNCc1cc(F)cc(OCC(O)COC)c1. The topological polar surface area (TPSA) is 50.7 Å². The van der Waals surface area contributed by atoms with E-state index >= 15 is 0 Å². The van der Waals surface area contributed by atoms with E-state index in [0.717, 1.165) is 12.1 Å². The summed E-state index contributed by atoms with van der Waals surface area (Å²) in [5, 5.41) is 12.5. The first-order valence-electron chi connectivity index (χ1n) is 5.95. The molecule has 0 aliphatic rings. The molecule has 0 heterocycles. The third-order valence-electron chi connectivity index (χ3n) is 2.31. The van der Waals surface area contributed by atoms with E-state index in [1.165, 1.54) is 19.2 Å². The van der Waals surface area contributed by atoms with Crippen molar-refractivity contribution in [2.45, 2.75) is 19.6 Å². The van der Waals surface area contributed by atoms with Gasteiger partial charge in [0.1, 0.15) is 24.3 Å². The van der Waals surface area contributed by atoms with Gasteiger partial charge in [0, 0.05) is 19.7 Å². The van der Waals surface area contributed by atoms with Gasteiger partial charge in [-0.25, -0.2) is 4.39 Å². The molecule has 1 aromatic carbocycles. The molecule has 0 saturated heterocycles. The smallest absolute Gasteiger partial charge is 0.127 e. The number of ether oxygens (including phenoxy) is 2. The summed E-state index contributed by atoms with van der Waals surface area (Å²) < 4.78 is 23.4. The monoisotopic (exact) mass is 257 g/mol. The lowest BCUT2D eigenvalue weighted by Gasteiger charge is -2.12. The Bertz CT molecular complexity index is 360. The van der Waals surface area contributed by atoms with E-state index in [1.807, 2.05) is 6.92 Å². The van der Waals surface area contributed by atoms with Gasteiger partial charge in [-0.2, -0.15) is 0 Å². The van der Waals surface area contributed by atoms with Crippen molar-refractivity contribution < 1.29 is 19.0 Å². The van der Waals surface area contributed by atoms with Crippen molar-refractivity contribution in [1.82, 2.24) is 5.32 Å². The van der Waals surface area contributed by atoms with E-state index < -0.39 is 6.10 Å². The van der Waals surface area contributed by atoms with Crippen LogP contribution in [0, 0.1) is 5.82 Å². The molecule has 2 N–H and O–H groups in total. The number of benzene rings is 1. The summed E-state index contributed by atoms with van der Waals surface area (Å²) >= 11 is 0. The predicted octanol–water partition coefficient (Wildman–Crippen LogP) is 1.32. The molecule has 0 bridgehead atoms. The van der Waals surface area contributed by atoms with Gasteiger partial charge in [0.2, 0.25) is 0 Å². The third kappa shape index (κ3) is 5.44. The van der Waals surface area contributed by atoms with Crippen LogP contribution in [0.15, 0.2) is 18.2 Å². The molecule has 0 amide bonds. The van der Waals surface area contributed by atoms with Crippen LogP contribution in [0.3, 0.4) is 0 Å². The summed E-state index contributed by atoms with van der Waals surface area (Å²) in [6.45, 7) is 3.67. The lowest BCUT2D eigenvalue weighted by atomic mass is 10.2. The Morgan fingerprint density at radius 2 is 2.11 bits per heavy atom. The second-order valence-electron chi connectivity index (χ2n) is 4.00. The van der Waals surface area contributed by atoms with E-state index in [2.05, 4.69) is 5.32 Å². The number of methoxy groups -OCH3 is 1. The molecule has 1 unspecified atom stereocenters. The molecule has 5 heteroatoms. The quantitative estimate of drug-likeness (QED) is 0.737. The zero-order chi connectivity index (χ0) is 13.4. The van der Waals surface area contributed by atoms with Crippen LogP contribution in [0.5, 0.6) is 5.75 Å². The zero-order valence-corrected chi connectivity index (χ0v) is 10.8. The van der Waals surface area contributed by atoms with Gasteiger partial charge in [0.25, 0.3) is 0 Å². The van der Waals surface area contributed by atoms with Crippen molar-refractivity contribution in [2.75, 3.05) is 26.9 Å². The largest absolute Gasteiger partial charge is 0.491 e. The minimum absolute atomic E-state index is 0.0813. The molecule has 0 saturated carbocycles. The van der Waals surface area contributed by atoms with Crippen molar-refractivity contribution >= 4 is 0 Å². The van der Waals surface area contributed by atoms with E-state index in [-0.39, 0.29) is 19.0 Å². The van der Waals surface area contributed by atoms with Crippen LogP contribution in [0.1, 0.15) is 12.5 Å². The highest BCUT2D eigenvalue weighted by atomic mass is 19.1. The van der Waals surface area contributed by atoms with Gasteiger partial charge in [-0.05, 0) is 24.2 Å². The maximum absolute atomic E-state index is 13.3. The Kier molecular flexibility index (Phi) is 6.64. The van der Waals surface area contributed by atoms with E-state index in [4.69, 9.17) is 9.47 Å². The minimum atomic E-state index is -0.713. The maximum Gasteiger partial charge on any atom is 0.127 e. The first kappa shape index (κ1) is 14.9. The Hall–Kier alpha value is -1.17. The average Bonchev–Trinajstić information content (AvgIpc) is 2.34. The van der Waals surface area contributed by atoms with Gasteiger partial charge in [0.05, 0.1) is 6.61 Å². The standard InChI is InChI=1S/C13H20FNO3/c1-3-15-7-10-4-11(14)6-13(5-10)18-9-12(16)8-17-2/h4-6,12,15-16H,3,7-9H2,1-2H3. The second kappa shape index (κ2) is 8.02. The van der Waals surface area contributed by atoms with Crippen molar-refractivity contribution in [1.29, 1.82) is 0 Å². The van der Waals surface area contributed by atoms with E-state index in [9.17, 15) is 9.50 Å². The third-order valence-corrected chi connectivity index (χ3v) is 2.31. The molecule has 1 aromatic rings. The van der Waals surface area contributed by atoms with Crippen LogP contribution in [0.25, 0.3) is 0 Å². The van der Waals surface area contributed by atoms with Gasteiger partial charge < -0.3 is 19.9 Å². The van der Waals surface area contributed by atoms with E-state index in [0.29, 0.717) is 12.3 Å². The second-order valence-corrected chi connectivity index (χ2v) is 4.00. The number of hydrogen-bond donors (Lipinski definition) is 2. The highest BCUT2D eigenvalue weighted by Crippen LogP contribution is 2.16. The highest BCUT2D eigenvalue weighted by molar-refractivity contribution is 5.29. The van der Waals surface area contributed by atoms with Gasteiger partial charge >= 0.3 is 0 Å². The molecule has 1 atom stereocenters. The molecule has 0 fully saturated rings. The van der Waals surface area contributed by atoms with Crippen LogP contribution in [0.4, 0.5) is 4.39 Å². The van der Waals surface area contributed by atoms with Crippen molar-refractivity contribution in [3.63, 3.8) is 0 Å². The van der Waals surface area contributed by atoms with E-state index in [1.54, 1.807) is 6.07 Å². The summed E-state index contributed by atoms with van der Waals surface area (Å²) in [4.78, 5) is 0. The summed E-state index contributed by atoms with van der Waals surface area (Å²) in [5.41, 5.74) is 0.813. The lowest BCUT2D eigenvalue weighted by molar-refractivity contribution is 0.0324. The Labute approximate surface area is 107 Å². The predicted molar refractivity (Wildman–Crippen MR) is 67.2 cm³/mol. The van der Waals surface area contributed by atoms with Gasteiger partial charge in [-0.15, -0.1) is 0 Å². The fraction of sp³-hybridized carbons (Fsp3) is 0.538. The minimum Gasteiger partial charge on any atom is -0.491 e. The molecule has 0 spiro atoms. The number of aliphatic hydroxyl groups is 1. The molecule has 0 radical (unpaired) electrons. The molecule has 18 heavy (non-hydrogen) atoms. The first-order chi connectivity index (χ1) is 8.65. The van der Waals surface area contributed by atoms with Crippen molar-refractivity contribution in [3.05, 3.63) is 29.6 Å². The molecule has 102 valence electrons. The number of nitrogens with one attached hydrogen (secondary N) is 1. The average molecular weight is 257 g/mol. The van der Waals surface area contributed by atoms with Crippen LogP contribution < -0.4 is 10.1 Å². The van der Waals surface area contributed by atoms with Crippen LogP contribution in [0.2, 0.25) is 0 Å². The number of aliphatic hydroxyl groups excluding tert-OH is 1. The maximum atomic E-state index is 13.3. The summed E-state index contributed by atoms with van der Waals surface area (Å²) in [7, 11) is 1.50. The number of rotatable bonds is 8. The van der Waals surface area contributed by atoms with Crippen molar-refractivity contribution in [2.24, 2.45) is 0 Å². The highest BCUT2D eigenvalue weighted by Gasteiger charge is 2.06.